The minimum absolute atomic E-state index is 0.635. The van der Waals surface area contributed by atoms with Crippen LogP contribution in [0.4, 0.5) is 0 Å². The molecule has 2 fully saturated rings. The fourth-order valence-corrected chi connectivity index (χ4v) is 2.05. The number of allylic oxidation sites excluding steroid dienone is 1. The van der Waals surface area contributed by atoms with Crippen LogP contribution in [0.2, 0.25) is 0 Å². The van der Waals surface area contributed by atoms with Gasteiger partial charge in [0.2, 0.25) is 0 Å². The Kier molecular flexibility index (Phi) is 3.08. The number of aliphatic hydroxyl groups excluding tert-OH is 1. The molecule has 1 aliphatic heterocycles. The molecule has 0 aromatic heterocycles. The molecule has 3 heteroatoms. The summed E-state index contributed by atoms with van der Waals surface area (Å²) in [5.74, 6) is 1.35. The van der Waals surface area contributed by atoms with E-state index in [4.69, 9.17) is 5.73 Å². The molecule has 80 valence electrons. The molecule has 2 rings (SSSR count). The third kappa shape index (κ3) is 2.49. The first-order valence-electron chi connectivity index (χ1n) is 5.62. The van der Waals surface area contributed by atoms with Gasteiger partial charge in [-0.15, -0.1) is 0 Å². The summed E-state index contributed by atoms with van der Waals surface area (Å²) in [6.45, 7) is 3.78. The highest BCUT2D eigenvalue weighted by Crippen LogP contribution is 2.31. The van der Waals surface area contributed by atoms with Crippen molar-refractivity contribution in [3.8, 4) is 0 Å². The first-order valence-corrected chi connectivity index (χ1v) is 5.62. The van der Waals surface area contributed by atoms with Gasteiger partial charge in [0, 0.05) is 0 Å². The monoisotopic (exact) mass is 196 g/mol. The number of likely N-dealkylation sites (tertiary alicyclic amines) is 1. The van der Waals surface area contributed by atoms with Crippen molar-refractivity contribution in [2.75, 3.05) is 26.2 Å². The zero-order valence-electron chi connectivity index (χ0n) is 8.71. The van der Waals surface area contributed by atoms with E-state index in [2.05, 4.69) is 4.90 Å². The normalized spacial score (nSPS) is 23.9. The van der Waals surface area contributed by atoms with E-state index >= 15 is 0 Å². The molecule has 1 aliphatic carbocycles. The molecule has 3 N–H and O–H groups in total. The van der Waals surface area contributed by atoms with Crippen LogP contribution in [-0.2, 0) is 0 Å². The topological polar surface area (TPSA) is 49.5 Å². The van der Waals surface area contributed by atoms with Crippen LogP contribution in [0.25, 0.3) is 0 Å². The minimum atomic E-state index is 0.635. The highest BCUT2D eigenvalue weighted by molar-refractivity contribution is 5.21. The standard InChI is InChI=1S/C11H20N2O/c12-7-9-3-5-13(6-4-9)8-11(14)10-1-2-10/h9,14H,1-8,12H2. The van der Waals surface area contributed by atoms with E-state index in [-0.39, 0.29) is 0 Å². The highest BCUT2D eigenvalue weighted by Gasteiger charge is 2.22. The Morgan fingerprint density at radius 2 is 2.00 bits per heavy atom. The number of rotatable bonds is 3. The third-order valence-electron chi connectivity index (χ3n) is 3.32. The Bertz CT molecular complexity index is 223. The fourth-order valence-electron chi connectivity index (χ4n) is 2.05. The summed E-state index contributed by atoms with van der Waals surface area (Å²) in [7, 11) is 0. The van der Waals surface area contributed by atoms with Crippen molar-refractivity contribution in [2.24, 2.45) is 11.7 Å². The molecule has 0 amide bonds. The molecule has 14 heavy (non-hydrogen) atoms. The van der Waals surface area contributed by atoms with Gasteiger partial charge >= 0.3 is 0 Å². The second kappa shape index (κ2) is 4.32. The summed E-state index contributed by atoms with van der Waals surface area (Å²) < 4.78 is 0. The van der Waals surface area contributed by atoms with Gasteiger partial charge in [-0.1, -0.05) is 0 Å². The Morgan fingerprint density at radius 3 is 2.50 bits per heavy atom. The van der Waals surface area contributed by atoms with Crippen LogP contribution in [-0.4, -0.2) is 36.2 Å². The van der Waals surface area contributed by atoms with E-state index in [1.165, 1.54) is 18.4 Å². The van der Waals surface area contributed by atoms with E-state index in [9.17, 15) is 5.11 Å². The molecule has 1 saturated heterocycles. The zero-order valence-corrected chi connectivity index (χ0v) is 8.71. The van der Waals surface area contributed by atoms with Crippen molar-refractivity contribution in [2.45, 2.75) is 25.7 Å². The average molecular weight is 196 g/mol. The van der Waals surface area contributed by atoms with Crippen LogP contribution in [0.5, 0.6) is 0 Å². The molecule has 2 aliphatic rings. The predicted octanol–water partition coefficient (Wildman–Crippen LogP) is 1.26. The zero-order chi connectivity index (χ0) is 9.97. The van der Waals surface area contributed by atoms with Gasteiger partial charge < -0.3 is 10.8 Å². The lowest BCUT2D eigenvalue weighted by atomic mass is 9.97. The number of piperidine rings is 1. The Hall–Kier alpha value is -0.540. The second-order valence-electron chi connectivity index (χ2n) is 4.51. The summed E-state index contributed by atoms with van der Waals surface area (Å²) in [5, 5.41) is 9.68. The summed E-state index contributed by atoms with van der Waals surface area (Å²) in [4.78, 5) is 2.34. The lowest BCUT2D eigenvalue weighted by Gasteiger charge is -2.30. The van der Waals surface area contributed by atoms with Crippen molar-refractivity contribution in [3.05, 3.63) is 11.3 Å². The third-order valence-corrected chi connectivity index (χ3v) is 3.32. The molecule has 0 aromatic carbocycles. The van der Waals surface area contributed by atoms with Crippen LogP contribution in [0.3, 0.4) is 0 Å². The van der Waals surface area contributed by atoms with Crippen LogP contribution >= 0.6 is 0 Å². The molecule has 1 saturated carbocycles. The van der Waals surface area contributed by atoms with E-state index in [1.54, 1.807) is 0 Å². The van der Waals surface area contributed by atoms with Gasteiger partial charge in [-0.05, 0) is 56.8 Å². The number of hydrogen-bond donors (Lipinski definition) is 2. The SMILES string of the molecule is NCC1CCN(CC(O)=C2CC2)CC1. The highest BCUT2D eigenvalue weighted by atomic mass is 16.3. The summed E-state index contributed by atoms with van der Waals surface area (Å²) in [6.07, 6.45) is 4.62. The minimum Gasteiger partial charge on any atom is -0.511 e. The van der Waals surface area contributed by atoms with Gasteiger partial charge in [-0.25, -0.2) is 0 Å². The van der Waals surface area contributed by atoms with Gasteiger partial charge in [0.25, 0.3) is 0 Å². The number of nitrogens with zero attached hydrogens (tertiary/aromatic N) is 1. The van der Waals surface area contributed by atoms with Gasteiger partial charge in [0.15, 0.2) is 0 Å². The predicted molar refractivity (Wildman–Crippen MR) is 57.1 cm³/mol. The first-order chi connectivity index (χ1) is 6.79. The van der Waals surface area contributed by atoms with Crippen molar-refractivity contribution >= 4 is 0 Å². The Balaban J connectivity index is 1.75. The lowest BCUT2D eigenvalue weighted by molar-refractivity contribution is 0.179. The summed E-state index contributed by atoms with van der Waals surface area (Å²) in [6, 6.07) is 0. The first kappa shape index (κ1) is 9.99. The number of hydrogen-bond acceptors (Lipinski definition) is 3. The van der Waals surface area contributed by atoms with Crippen molar-refractivity contribution in [1.82, 2.24) is 4.90 Å². The van der Waals surface area contributed by atoms with E-state index in [0.717, 1.165) is 39.0 Å². The smallest absolute Gasteiger partial charge is 0.105 e. The fraction of sp³-hybridized carbons (Fsp3) is 0.818. The lowest BCUT2D eigenvalue weighted by Crippen LogP contribution is -2.37. The van der Waals surface area contributed by atoms with Gasteiger partial charge in [-0.2, -0.15) is 0 Å². The quantitative estimate of drug-likeness (QED) is 0.668. The van der Waals surface area contributed by atoms with Crippen molar-refractivity contribution in [3.63, 3.8) is 0 Å². The van der Waals surface area contributed by atoms with E-state index in [0.29, 0.717) is 11.7 Å². The molecule has 0 bridgehead atoms. The summed E-state index contributed by atoms with van der Waals surface area (Å²) >= 11 is 0. The van der Waals surface area contributed by atoms with Gasteiger partial charge in [0.05, 0.1) is 6.54 Å². The van der Waals surface area contributed by atoms with Crippen LogP contribution in [0.1, 0.15) is 25.7 Å². The van der Waals surface area contributed by atoms with Gasteiger partial charge in [0.1, 0.15) is 5.76 Å². The van der Waals surface area contributed by atoms with Crippen LogP contribution in [0.15, 0.2) is 11.3 Å². The number of aliphatic hydroxyl groups is 1. The van der Waals surface area contributed by atoms with Crippen molar-refractivity contribution in [1.29, 1.82) is 0 Å². The van der Waals surface area contributed by atoms with Crippen molar-refractivity contribution < 1.29 is 5.11 Å². The molecule has 0 radical (unpaired) electrons. The van der Waals surface area contributed by atoms with Gasteiger partial charge in [-0.3, -0.25) is 4.90 Å². The maximum atomic E-state index is 9.68. The largest absolute Gasteiger partial charge is 0.511 e. The van der Waals surface area contributed by atoms with Crippen LogP contribution in [0, 0.1) is 5.92 Å². The molecular weight excluding hydrogens is 176 g/mol. The maximum Gasteiger partial charge on any atom is 0.105 e. The van der Waals surface area contributed by atoms with E-state index in [1.807, 2.05) is 0 Å². The molecular formula is C11H20N2O. The average Bonchev–Trinajstić information content (AvgIpc) is 3.02. The molecule has 3 nitrogen and oxygen atoms in total. The Morgan fingerprint density at radius 1 is 1.36 bits per heavy atom. The maximum absolute atomic E-state index is 9.68. The van der Waals surface area contributed by atoms with E-state index < -0.39 is 0 Å². The van der Waals surface area contributed by atoms with Crippen LogP contribution < -0.4 is 5.73 Å². The molecule has 0 unspecified atom stereocenters. The summed E-state index contributed by atoms with van der Waals surface area (Å²) in [5.41, 5.74) is 6.90. The molecule has 0 spiro atoms. The molecule has 0 atom stereocenters. The number of nitrogens with two attached hydrogens (primary N) is 1. The Labute approximate surface area is 85.6 Å². The molecule has 1 heterocycles. The molecule has 0 aromatic rings. The second-order valence-corrected chi connectivity index (χ2v) is 4.51.